The van der Waals surface area contributed by atoms with E-state index in [0.29, 0.717) is 5.75 Å². The molecule has 0 aliphatic carbocycles. The van der Waals surface area contributed by atoms with E-state index in [4.69, 9.17) is 14.2 Å². The Morgan fingerprint density at radius 3 is 2.38 bits per heavy atom. The van der Waals surface area contributed by atoms with Crippen molar-refractivity contribution in [2.45, 2.75) is 30.4 Å². The average molecular weight is 593 g/mol. The van der Waals surface area contributed by atoms with Gasteiger partial charge >= 0.3 is 70.9 Å². The van der Waals surface area contributed by atoms with Gasteiger partial charge < -0.3 is 44.1 Å². The number of alkyl carbamates (subject to hydrolysis) is 1. The molecule has 1 unspecified atom stereocenters. The molecule has 2 aromatic carbocycles. The molecule has 1 fully saturated rings. The molecule has 1 aliphatic heterocycles. The summed E-state index contributed by atoms with van der Waals surface area (Å²) in [5.41, 5.74) is -1.74. The maximum absolute atomic E-state index is 12.4. The monoisotopic (exact) mass is 593 g/mol. The van der Waals surface area contributed by atoms with Gasteiger partial charge in [0, 0.05) is 24.4 Å². The molecule has 0 spiro atoms. The number of carbonyl (C=O) groups is 1. The Morgan fingerprint density at radius 2 is 1.73 bits per heavy atom. The predicted molar refractivity (Wildman–Crippen MR) is 125 cm³/mol. The normalized spacial score (nSPS) is 20.9. The predicted octanol–water partition coefficient (Wildman–Crippen LogP) is -6.71. The van der Waals surface area contributed by atoms with Crippen molar-refractivity contribution in [2.75, 3.05) is 6.54 Å². The summed E-state index contributed by atoms with van der Waals surface area (Å²) in [5.74, 6) is -1.56. The number of amides is 1. The van der Waals surface area contributed by atoms with Gasteiger partial charge in [-0.1, -0.05) is 30.3 Å². The minimum atomic E-state index is -5.51. The van der Waals surface area contributed by atoms with Crippen LogP contribution in [0.4, 0.5) is 4.79 Å². The number of carbonyl (C=O) groups excluding carboxylic acids is 1. The second-order valence-electron chi connectivity index (χ2n) is 8.23. The van der Waals surface area contributed by atoms with Crippen molar-refractivity contribution in [2.24, 2.45) is 0 Å². The molecule has 2 heterocycles. The fraction of sp³-hybridized carbons (Fsp3) is 0.261. The van der Waals surface area contributed by atoms with Gasteiger partial charge in [-0.25, -0.2) is 9.59 Å². The van der Waals surface area contributed by atoms with Gasteiger partial charge in [0.2, 0.25) is 0 Å². The first-order valence-corrected chi connectivity index (χ1v) is 12.8. The molecule has 202 valence electrons. The van der Waals surface area contributed by atoms with Crippen molar-refractivity contribution in [1.29, 1.82) is 0 Å². The number of aromatic amines is 1. The first-order valence-electron chi connectivity index (χ1n) is 11.1. The van der Waals surface area contributed by atoms with E-state index in [1.54, 1.807) is 30.3 Å². The number of rotatable bonds is 8. The van der Waals surface area contributed by atoms with E-state index in [9.17, 15) is 38.9 Å². The Kier molecular flexibility index (Phi) is 12.8. The van der Waals surface area contributed by atoms with E-state index in [0.717, 1.165) is 16.8 Å². The fourth-order valence-electron chi connectivity index (χ4n) is 3.75. The van der Waals surface area contributed by atoms with Crippen molar-refractivity contribution >= 4 is 13.7 Å². The van der Waals surface area contributed by atoms with Gasteiger partial charge in [0.25, 0.3) is 5.56 Å². The molecule has 5 atom stereocenters. The number of aliphatic hydroxyl groups is 2. The summed E-state index contributed by atoms with van der Waals surface area (Å²) in [6.45, 7) is -0.489. The molecule has 3 aromatic rings. The Bertz CT molecular complexity index is 1450. The van der Waals surface area contributed by atoms with Crippen LogP contribution in [-0.2, 0) is 14.0 Å². The van der Waals surface area contributed by atoms with Gasteiger partial charge in [-0.3, -0.25) is 14.3 Å². The summed E-state index contributed by atoms with van der Waals surface area (Å²) in [4.78, 5) is 61.4. The molecule has 17 heteroatoms. The van der Waals surface area contributed by atoms with Gasteiger partial charge in [0.05, 0.1) is 0 Å². The minimum Gasteiger partial charge on any atom is -0.808 e. The topological polar surface area (TPSA) is 215 Å². The molecule has 1 aromatic heterocycles. The van der Waals surface area contributed by atoms with E-state index < -0.39 is 61.9 Å². The third-order valence-electron chi connectivity index (χ3n) is 5.54. The van der Waals surface area contributed by atoms with E-state index in [2.05, 4.69) is 5.32 Å². The zero-order valence-corrected chi connectivity index (χ0v) is 26.3. The number of nitrogens with zero attached hydrogens (tertiary/aromatic N) is 1. The first-order chi connectivity index (χ1) is 18.0. The van der Waals surface area contributed by atoms with E-state index in [1.165, 1.54) is 24.3 Å². The maximum atomic E-state index is 12.4. The number of benzene rings is 2. The first kappa shape index (κ1) is 34.4. The van der Waals surface area contributed by atoms with Crippen LogP contribution in [0.25, 0.3) is 0 Å². The smallest absolute Gasteiger partial charge is 0.808 e. The molecule has 4 rings (SSSR count). The molecule has 40 heavy (non-hydrogen) atoms. The molecular weight excluding hydrogens is 571 g/mol. The fourth-order valence-corrected chi connectivity index (χ4v) is 4.50. The third kappa shape index (κ3) is 8.61. The summed E-state index contributed by atoms with van der Waals surface area (Å²) in [6, 6.07) is 15.0. The summed E-state index contributed by atoms with van der Waals surface area (Å²) >= 11 is 0. The van der Waals surface area contributed by atoms with Crippen LogP contribution < -0.4 is 90.2 Å². The second-order valence-corrected chi connectivity index (χ2v) is 9.78. The summed E-state index contributed by atoms with van der Waals surface area (Å²) < 4.78 is 28.7. The summed E-state index contributed by atoms with van der Waals surface area (Å²) in [7, 11) is -5.51. The second kappa shape index (κ2) is 14.9. The van der Waals surface area contributed by atoms with Crippen LogP contribution in [0.5, 0.6) is 11.5 Å². The van der Waals surface area contributed by atoms with Crippen LogP contribution in [0, 0.1) is 0 Å². The van der Waals surface area contributed by atoms with Crippen LogP contribution in [-0.4, -0.2) is 50.7 Å². The van der Waals surface area contributed by atoms with E-state index in [1.807, 2.05) is 4.98 Å². The zero-order valence-electron chi connectivity index (χ0n) is 21.4. The number of H-pyrrole nitrogens is 1. The number of aliphatic hydroxyl groups excluding tert-OH is 2. The Hall–Kier alpha value is -1.78. The molecule has 0 saturated carbocycles. The van der Waals surface area contributed by atoms with Crippen LogP contribution in [0.1, 0.15) is 17.6 Å². The largest absolute Gasteiger partial charge is 1.00 e. The molecule has 0 radical (unpaired) electrons. The number of nitrogens with one attached hydrogen (secondary N) is 2. The van der Waals surface area contributed by atoms with Gasteiger partial charge in [-0.05, 0) is 31.9 Å². The number of hydrogen-bond acceptors (Lipinski definition) is 11. The molecule has 0 bridgehead atoms. The van der Waals surface area contributed by atoms with Crippen LogP contribution in [0.2, 0.25) is 0 Å². The quantitative estimate of drug-likeness (QED) is 0.142. The Labute approximate surface area is 271 Å². The van der Waals surface area contributed by atoms with Crippen molar-refractivity contribution in [3.63, 3.8) is 0 Å². The van der Waals surface area contributed by atoms with E-state index in [-0.39, 0.29) is 70.4 Å². The molecule has 1 saturated heterocycles. The van der Waals surface area contributed by atoms with Crippen molar-refractivity contribution in [1.82, 2.24) is 14.9 Å². The van der Waals surface area contributed by atoms with Gasteiger partial charge in [-0.15, -0.1) is 0 Å². The van der Waals surface area contributed by atoms with Gasteiger partial charge in [-0.2, -0.15) is 0 Å². The SMILES string of the molecule is O=C(NC[C@H]1O[C@@H](n2ccc(=O)[nH]c2=O)[C@H](O)[C@@H]1O)OC(c1cccc(Oc2ccccc2)c1)P(=O)([O-])[O-].[Na+].[Na+]. The standard InChI is InChI=1S/C23H24N3O11P.2Na/c27-17-9-10-26(22(30)25-17)20-19(29)18(28)16(36-20)12-24-23(31)37-21(38(32,33)34)13-5-4-8-15(11-13)35-14-6-2-1-3-7-14;;/h1-11,16,18-21,28-29H,12H2,(H,24,31)(H,25,27,30)(H2,32,33,34);;/q;2*+1/p-2/t16-,18-,19-,20-,21?;;/m1../s1. The van der Waals surface area contributed by atoms with Gasteiger partial charge in [0.1, 0.15) is 29.8 Å². The van der Waals surface area contributed by atoms with Crippen molar-refractivity contribution < 1.29 is 103 Å². The number of hydrogen-bond donors (Lipinski definition) is 4. The third-order valence-corrected chi connectivity index (χ3v) is 6.52. The molecule has 1 amide bonds. The Balaban J connectivity index is 0.00000280. The summed E-state index contributed by atoms with van der Waals surface area (Å²) in [5, 5.41) is 22.7. The van der Waals surface area contributed by atoms with Crippen molar-refractivity contribution in [3.05, 3.63) is 93.3 Å². The van der Waals surface area contributed by atoms with E-state index >= 15 is 0 Å². The molecule has 4 N–H and O–H groups in total. The van der Waals surface area contributed by atoms with Crippen molar-refractivity contribution in [3.8, 4) is 11.5 Å². The molecular formula is C23H22N3Na2O11P. The van der Waals surface area contributed by atoms with Crippen LogP contribution >= 0.6 is 7.60 Å². The molecule has 14 nitrogen and oxygen atoms in total. The summed E-state index contributed by atoms with van der Waals surface area (Å²) in [6.07, 6.45) is -6.09. The number of para-hydroxylation sites is 1. The maximum Gasteiger partial charge on any atom is 1.00 e. The number of aromatic nitrogens is 2. The minimum absolute atomic E-state index is 0. The zero-order chi connectivity index (χ0) is 27.4. The molecule has 1 aliphatic rings. The Morgan fingerprint density at radius 1 is 1.05 bits per heavy atom. The number of ether oxygens (including phenoxy) is 3. The van der Waals surface area contributed by atoms with Crippen LogP contribution in [0.3, 0.4) is 0 Å². The van der Waals surface area contributed by atoms with Crippen LogP contribution in [0.15, 0.2) is 76.4 Å². The van der Waals surface area contributed by atoms with Gasteiger partial charge in [0.15, 0.2) is 12.1 Å². The average Bonchev–Trinajstić information content (AvgIpc) is 3.14.